The average Bonchev–Trinajstić information content (AvgIpc) is 3.88. The standard InChI is InChI=1S/C46H49N7O11S/c1-5-18-62-46(58)53-33-24-35(34(59-3)23-30(33)42(56)52-17-8-6-13-32(52)43(53)64-39-14-7-9-19-61-39)63-26-28-12-10-11-27(20-28)21-38(54)48-37-25-51(2)40(49-37)41(55)50-45-47-31-22-29(44(57)60-4)15-16-36(31)65-45/h5,10-12,15-16,20,22-25,32,39,43H,1,6-9,13-14,17-19,21,26H2,2-4H3,(H,48,54)(H,47,50,55)/t32-,39?,43?/m0/s1. The van der Waals surface area contributed by atoms with Crippen molar-refractivity contribution in [2.75, 3.05) is 49.5 Å². The molecule has 0 spiro atoms. The number of anilines is 3. The van der Waals surface area contributed by atoms with Crippen LogP contribution in [0.1, 0.15) is 81.0 Å². The molecule has 0 saturated carbocycles. The Hall–Kier alpha value is -6.83. The van der Waals surface area contributed by atoms with E-state index in [1.54, 1.807) is 54.4 Å². The van der Waals surface area contributed by atoms with E-state index in [2.05, 4.69) is 27.2 Å². The molecule has 3 atom stereocenters. The van der Waals surface area contributed by atoms with Crippen LogP contribution in [0.25, 0.3) is 10.2 Å². The molecule has 5 heterocycles. The first-order valence-corrected chi connectivity index (χ1v) is 22.1. The molecule has 2 unspecified atom stereocenters. The van der Waals surface area contributed by atoms with Crippen molar-refractivity contribution in [2.24, 2.45) is 7.05 Å². The van der Waals surface area contributed by atoms with Crippen LogP contribution in [0.5, 0.6) is 11.5 Å². The summed E-state index contributed by atoms with van der Waals surface area (Å²) in [5, 5.41) is 5.82. The molecule has 5 aromatic rings. The first kappa shape index (κ1) is 44.8. The van der Waals surface area contributed by atoms with Crippen molar-refractivity contribution in [1.82, 2.24) is 19.4 Å². The van der Waals surface area contributed by atoms with Crippen LogP contribution in [0.4, 0.5) is 21.4 Å². The Bertz CT molecular complexity index is 2620. The third kappa shape index (κ3) is 9.96. The topological polar surface area (TPSA) is 202 Å². The number of aryl methyl sites for hydroxylation is 1. The number of fused-ring (bicyclic) bond motifs is 3. The Balaban J connectivity index is 0.963. The summed E-state index contributed by atoms with van der Waals surface area (Å²) in [5.41, 5.74) is 2.77. The number of nitrogens with one attached hydrogen (secondary N) is 2. The molecule has 18 nitrogen and oxygen atoms in total. The Morgan fingerprint density at radius 2 is 1.80 bits per heavy atom. The number of hydrogen-bond donors (Lipinski definition) is 2. The summed E-state index contributed by atoms with van der Waals surface area (Å²) < 4.78 is 37.3. The number of nitrogens with zero attached hydrogens (tertiary/aromatic N) is 5. The Morgan fingerprint density at radius 3 is 2.58 bits per heavy atom. The van der Waals surface area contributed by atoms with E-state index >= 15 is 0 Å². The third-order valence-corrected chi connectivity index (χ3v) is 12.2. The number of piperidine rings is 1. The van der Waals surface area contributed by atoms with E-state index < -0.39 is 36.5 Å². The normalized spacial score (nSPS) is 18.2. The molecule has 3 aromatic carbocycles. The number of methoxy groups -OCH3 is 2. The number of ether oxygens (including phenoxy) is 6. The zero-order chi connectivity index (χ0) is 45.6. The summed E-state index contributed by atoms with van der Waals surface area (Å²) in [5.74, 6) is -0.883. The second-order valence-electron chi connectivity index (χ2n) is 15.7. The van der Waals surface area contributed by atoms with Gasteiger partial charge in [0.2, 0.25) is 11.7 Å². The zero-order valence-electron chi connectivity index (χ0n) is 36.2. The van der Waals surface area contributed by atoms with Crippen molar-refractivity contribution in [3.8, 4) is 11.5 Å². The third-order valence-electron chi connectivity index (χ3n) is 11.2. The molecular formula is C46H49N7O11S. The molecule has 340 valence electrons. The van der Waals surface area contributed by atoms with Gasteiger partial charge in [-0.3, -0.25) is 19.7 Å². The second kappa shape index (κ2) is 19.9. The van der Waals surface area contributed by atoms with Crippen molar-refractivity contribution in [3.05, 3.63) is 102 Å². The maximum absolute atomic E-state index is 14.3. The maximum atomic E-state index is 14.3. The van der Waals surface area contributed by atoms with Crippen LogP contribution in [0.3, 0.4) is 0 Å². The molecular weight excluding hydrogens is 859 g/mol. The number of esters is 1. The number of thiazole rings is 1. The molecule has 19 heteroatoms. The first-order valence-electron chi connectivity index (χ1n) is 21.2. The molecule has 4 amide bonds. The molecule has 0 bridgehead atoms. The van der Waals surface area contributed by atoms with Gasteiger partial charge >= 0.3 is 12.1 Å². The van der Waals surface area contributed by atoms with Gasteiger partial charge in [-0.2, -0.15) is 0 Å². The predicted molar refractivity (Wildman–Crippen MR) is 239 cm³/mol. The van der Waals surface area contributed by atoms with Crippen molar-refractivity contribution in [1.29, 1.82) is 0 Å². The van der Waals surface area contributed by atoms with Gasteiger partial charge in [0, 0.05) is 32.5 Å². The molecule has 3 aliphatic rings. The second-order valence-corrected chi connectivity index (χ2v) is 16.7. The van der Waals surface area contributed by atoms with Crippen LogP contribution in [0, 0.1) is 0 Å². The van der Waals surface area contributed by atoms with Gasteiger partial charge in [0.15, 0.2) is 35.0 Å². The summed E-state index contributed by atoms with van der Waals surface area (Å²) in [7, 11) is 4.41. The zero-order valence-corrected chi connectivity index (χ0v) is 37.0. The van der Waals surface area contributed by atoms with Gasteiger partial charge in [0.1, 0.15) is 13.2 Å². The number of imidazole rings is 1. The summed E-state index contributed by atoms with van der Waals surface area (Å²) in [6, 6.07) is 15.0. The smallest absolute Gasteiger partial charge is 0.416 e. The Kier molecular flexibility index (Phi) is 13.7. The van der Waals surface area contributed by atoms with Gasteiger partial charge in [0.25, 0.3) is 11.8 Å². The number of carbonyl (C=O) groups excluding carboxylic acids is 5. The van der Waals surface area contributed by atoms with Crippen LogP contribution < -0.4 is 25.0 Å². The fraction of sp³-hybridized carbons (Fsp3) is 0.370. The SMILES string of the molecule is C=CCOC(=O)N1c2cc(OCc3cccc(CC(=O)Nc4cn(C)c(C(=O)Nc5nc6cc(C(=O)OC)ccc6s5)n4)c3)c(OC)cc2C(=O)N2CCCC[C@H]2C1OC1CCCCO1. The number of benzene rings is 3. The van der Waals surface area contributed by atoms with E-state index in [0.29, 0.717) is 47.8 Å². The summed E-state index contributed by atoms with van der Waals surface area (Å²) in [6.07, 6.45) is 5.56. The molecule has 2 aromatic heterocycles. The molecule has 2 fully saturated rings. The highest BCUT2D eigenvalue weighted by atomic mass is 32.1. The van der Waals surface area contributed by atoms with Gasteiger partial charge in [0.05, 0.1) is 53.7 Å². The fourth-order valence-corrected chi connectivity index (χ4v) is 9.01. The summed E-state index contributed by atoms with van der Waals surface area (Å²) in [4.78, 5) is 78.7. The lowest BCUT2D eigenvalue weighted by Gasteiger charge is -2.42. The van der Waals surface area contributed by atoms with E-state index in [1.165, 1.54) is 47.3 Å². The first-order chi connectivity index (χ1) is 31.5. The lowest BCUT2D eigenvalue weighted by Crippen LogP contribution is -2.57. The molecule has 3 aliphatic heterocycles. The summed E-state index contributed by atoms with van der Waals surface area (Å²) in [6.45, 7) is 4.72. The number of rotatable bonds is 14. The lowest BCUT2D eigenvalue weighted by atomic mass is 10.00. The Labute approximate surface area is 378 Å². The maximum Gasteiger partial charge on any atom is 0.416 e. The van der Waals surface area contributed by atoms with E-state index in [1.807, 2.05) is 12.1 Å². The lowest BCUT2D eigenvalue weighted by molar-refractivity contribution is -0.198. The highest BCUT2D eigenvalue weighted by molar-refractivity contribution is 7.22. The van der Waals surface area contributed by atoms with Crippen molar-refractivity contribution < 1.29 is 52.4 Å². The van der Waals surface area contributed by atoms with Gasteiger partial charge in [-0.15, -0.1) is 0 Å². The van der Waals surface area contributed by atoms with E-state index in [9.17, 15) is 24.0 Å². The van der Waals surface area contributed by atoms with Crippen LogP contribution in [0.15, 0.2) is 73.4 Å². The largest absolute Gasteiger partial charge is 0.493 e. The molecule has 2 saturated heterocycles. The van der Waals surface area contributed by atoms with Crippen molar-refractivity contribution >= 4 is 68.0 Å². The molecule has 0 radical (unpaired) electrons. The fourth-order valence-electron chi connectivity index (χ4n) is 8.17. The number of amides is 4. The van der Waals surface area contributed by atoms with E-state index in [0.717, 1.165) is 35.9 Å². The van der Waals surface area contributed by atoms with Gasteiger partial charge in [-0.05, 0) is 73.9 Å². The minimum Gasteiger partial charge on any atom is -0.493 e. The molecule has 65 heavy (non-hydrogen) atoms. The van der Waals surface area contributed by atoms with Crippen molar-refractivity contribution in [2.45, 2.75) is 70.1 Å². The van der Waals surface area contributed by atoms with E-state index in [-0.39, 0.29) is 65.8 Å². The highest BCUT2D eigenvalue weighted by Crippen LogP contribution is 2.42. The minimum absolute atomic E-state index is 0.0129. The quantitative estimate of drug-likeness (QED) is 0.0867. The van der Waals surface area contributed by atoms with Crippen LogP contribution in [-0.2, 0) is 43.8 Å². The average molecular weight is 908 g/mol. The molecule has 0 aliphatic carbocycles. The highest BCUT2D eigenvalue weighted by Gasteiger charge is 2.47. The van der Waals surface area contributed by atoms with Gasteiger partial charge in [-0.25, -0.2) is 24.5 Å². The van der Waals surface area contributed by atoms with Gasteiger partial charge < -0.3 is 43.2 Å². The van der Waals surface area contributed by atoms with Gasteiger partial charge in [-0.1, -0.05) is 48.3 Å². The van der Waals surface area contributed by atoms with Crippen molar-refractivity contribution in [3.63, 3.8) is 0 Å². The summed E-state index contributed by atoms with van der Waals surface area (Å²) >= 11 is 1.24. The van der Waals surface area contributed by atoms with Crippen LogP contribution >= 0.6 is 11.3 Å². The van der Waals surface area contributed by atoms with E-state index in [4.69, 9.17) is 28.4 Å². The predicted octanol–water partition coefficient (Wildman–Crippen LogP) is 6.84. The minimum atomic E-state index is -0.908. The monoisotopic (exact) mass is 907 g/mol. The number of carbonyl (C=O) groups is 5. The van der Waals surface area contributed by atoms with Crippen LogP contribution in [0.2, 0.25) is 0 Å². The number of aromatic nitrogens is 3. The van der Waals surface area contributed by atoms with Crippen LogP contribution in [-0.4, -0.2) is 102 Å². The molecule has 2 N–H and O–H groups in total. The Morgan fingerprint density at radius 1 is 0.969 bits per heavy atom. The molecule has 8 rings (SSSR count). The number of hydrogen-bond acceptors (Lipinski definition) is 14.